The second-order valence-electron chi connectivity index (χ2n) is 5.97. The molecular formula is C15H21NO3. The molecule has 104 valence electrons. The van der Waals surface area contributed by atoms with E-state index in [2.05, 4.69) is 0 Å². The van der Waals surface area contributed by atoms with Crippen LogP contribution in [0.2, 0.25) is 0 Å². The first kappa shape index (κ1) is 13.9. The molecule has 1 aliphatic rings. The average Bonchev–Trinajstić information content (AvgIpc) is 2.70. The largest absolute Gasteiger partial charge is 0.444 e. The highest BCUT2D eigenvalue weighted by Gasteiger charge is 2.36. The van der Waals surface area contributed by atoms with Crippen molar-refractivity contribution in [3.8, 4) is 0 Å². The van der Waals surface area contributed by atoms with Gasteiger partial charge in [-0.15, -0.1) is 0 Å². The van der Waals surface area contributed by atoms with Crippen LogP contribution in [-0.2, 0) is 4.74 Å². The number of carbonyl (C=O) groups excluding carboxylic acids is 1. The summed E-state index contributed by atoms with van der Waals surface area (Å²) >= 11 is 0. The summed E-state index contributed by atoms with van der Waals surface area (Å²) in [5, 5.41) is 10.1. The first-order valence-corrected chi connectivity index (χ1v) is 6.58. The van der Waals surface area contributed by atoms with Crippen molar-refractivity contribution in [3.63, 3.8) is 0 Å². The number of rotatable bonds is 1. The first-order valence-electron chi connectivity index (χ1n) is 6.58. The van der Waals surface area contributed by atoms with Gasteiger partial charge in [-0.2, -0.15) is 0 Å². The van der Waals surface area contributed by atoms with Gasteiger partial charge in [-0.25, -0.2) is 4.79 Å². The Morgan fingerprint density at radius 1 is 1.26 bits per heavy atom. The minimum atomic E-state index is -0.532. The highest BCUT2D eigenvalue weighted by atomic mass is 16.6. The summed E-state index contributed by atoms with van der Waals surface area (Å²) in [4.78, 5) is 13.6. The lowest BCUT2D eigenvalue weighted by atomic mass is 9.96. The van der Waals surface area contributed by atoms with Crippen LogP contribution in [0.1, 0.15) is 32.3 Å². The van der Waals surface area contributed by atoms with E-state index in [4.69, 9.17) is 4.74 Å². The third kappa shape index (κ3) is 3.47. The molecule has 2 atom stereocenters. The summed E-state index contributed by atoms with van der Waals surface area (Å²) < 4.78 is 5.33. The molecule has 4 heteroatoms. The number of nitrogens with zero attached hydrogens (tertiary/aromatic N) is 1. The lowest BCUT2D eigenvalue weighted by Crippen LogP contribution is -2.35. The number of hydrogen-bond acceptors (Lipinski definition) is 3. The number of hydrogen-bond donors (Lipinski definition) is 1. The van der Waals surface area contributed by atoms with E-state index in [-0.39, 0.29) is 12.0 Å². The van der Waals surface area contributed by atoms with Crippen molar-refractivity contribution in [1.82, 2.24) is 4.90 Å². The van der Waals surface area contributed by atoms with Gasteiger partial charge in [-0.3, -0.25) is 0 Å². The van der Waals surface area contributed by atoms with Crippen LogP contribution in [0.15, 0.2) is 30.3 Å². The van der Waals surface area contributed by atoms with Gasteiger partial charge in [0.15, 0.2) is 0 Å². The number of ether oxygens (including phenoxy) is 1. The Bertz CT molecular complexity index is 438. The van der Waals surface area contributed by atoms with Crippen LogP contribution in [0.25, 0.3) is 0 Å². The van der Waals surface area contributed by atoms with E-state index in [1.165, 1.54) is 0 Å². The van der Waals surface area contributed by atoms with Crippen LogP contribution in [0.3, 0.4) is 0 Å². The van der Waals surface area contributed by atoms with E-state index < -0.39 is 11.7 Å². The number of β-amino-alcohol motifs (C(OH)–C–C–N with tert-alkyl or cyclic N) is 1. The molecule has 1 N–H and O–H groups in total. The lowest BCUT2D eigenvalue weighted by molar-refractivity contribution is 0.0270. The number of aliphatic hydroxyl groups excluding tert-OH is 1. The second kappa shape index (κ2) is 5.21. The summed E-state index contributed by atoms with van der Waals surface area (Å²) in [6.45, 7) is 6.35. The summed E-state index contributed by atoms with van der Waals surface area (Å²) in [5.41, 5.74) is 0.549. The summed E-state index contributed by atoms with van der Waals surface area (Å²) in [5.74, 6) is -0.0336. The quantitative estimate of drug-likeness (QED) is 0.846. The molecule has 1 fully saturated rings. The van der Waals surface area contributed by atoms with Crippen LogP contribution in [-0.4, -0.2) is 40.9 Å². The maximum atomic E-state index is 12.0. The maximum absolute atomic E-state index is 12.0. The fourth-order valence-electron chi connectivity index (χ4n) is 2.29. The Hall–Kier alpha value is -1.55. The molecule has 0 aromatic heterocycles. The molecule has 0 unspecified atom stereocenters. The molecule has 0 saturated carbocycles. The predicted octanol–water partition coefficient (Wildman–Crippen LogP) is 2.38. The Morgan fingerprint density at radius 2 is 1.89 bits per heavy atom. The van der Waals surface area contributed by atoms with Gasteiger partial charge in [0, 0.05) is 12.5 Å². The third-order valence-corrected chi connectivity index (χ3v) is 3.17. The summed E-state index contributed by atoms with van der Waals surface area (Å²) in [7, 11) is 0. The van der Waals surface area contributed by atoms with Crippen LogP contribution in [0, 0.1) is 0 Å². The van der Waals surface area contributed by atoms with Crippen molar-refractivity contribution in [3.05, 3.63) is 35.9 Å². The minimum Gasteiger partial charge on any atom is -0.444 e. The van der Waals surface area contributed by atoms with E-state index in [9.17, 15) is 9.90 Å². The number of benzene rings is 1. The Kier molecular flexibility index (Phi) is 3.80. The number of likely N-dealkylation sites (tertiary alicyclic amines) is 1. The molecule has 1 aromatic rings. The third-order valence-electron chi connectivity index (χ3n) is 3.17. The highest BCUT2D eigenvalue weighted by Crippen LogP contribution is 2.28. The van der Waals surface area contributed by atoms with Crippen molar-refractivity contribution in [1.29, 1.82) is 0 Å². The zero-order chi connectivity index (χ0) is 14.0. The fourth-order valence-corrected chi connectivity index (χ4v) is 2.29. The van der Waals surface area contributed by atoms with Crippen molar-refractivity contribution in [2.75, 3.05) is 13.1 Å². The molecule has 2 rings (SSSR count). The maximum Gasteiger partial charge on any atom is 0.410 e. The van der Waals surface area contributed by atoms with E-state index in [1.807, 2.05) is 51.1 Å². The standard InChI is InChI=1S/C15H21NO3/c1-15(2,3)19-14(18)16-9-12(13(17)10-16)11-7-5-4-6-8-11/h4-8,12-13,17H,9-10H2,1-3H3/t12-,13-/m1/s1. The highest BCUT2D eigenvalue weighted by molar-refractivity contribution is 5.68. The van der Waals surface area contributed by atoms with E-state index in [0.717, 1.165) is 5.56 Å². The van der Waals surface area contributed by atoms with Crippen LogP contribution in [0.5, 0.6) is 0 Å². The molecule has 0 bridgehead atoms. The van der Waals surface area contributed by atoms with Gasteiger partial charge in [-0.1, -0.05) is 30.3 Å². The van der Waals surface area contributed by atoms with E-state index >= 15 is 0 Å². The van der Waals surface area contributed by atoms with Crippen molar-refractivity contribution < 1.29 is 14.6 Å². The van der Waals surface area contributed by atoms with Crippen molar-refractivity contribution >= 4 is 6.09 Å². The Balaban J connectivity index is 2.04. The zero-order valence-electron chi connectivity index (χ0n) is 11.7. The molecule has 1 aromatic carbocycles. The summed E-state index contributed by atoms with van der Waals surface area (Å²) in [6.07, 6.45) is -0.889. The van der Waals surface area contributed by atoms with Gasteiger partial charge in [0.2, 0.25) is 0 Å². The first-order chi connectivity index (χ1) is 8.87. The SMILES string of the molecule is CC(C)(C)OC(=O)N1C[C@@H](O)[C@@H](c2ccccc2)C1. The second-order valence-corrected chi connectivity index (χ2v) is 5.97. The normalized spacial score (nSPS) is 23.5. The number of aliphatic hydroxyl groups is 1. The van der Waals surface area contributed by atoms with Crippen LogP contribution >= 0.6 is 0 Å². The Labute approximate surface area is 114 Å². The van der Waals surface area contributed by atoms with Gasteiger partial charge in [-0.05, 0) is 26.3 Å². The molecular weight excluding hydrogens is 242 g/mol. The zero-order valence-corrected chi connectivity index (χ0v) is 11.7. The number of carbonyl (C=O) groups is 1. The Morgan fingerprint density at radius 3 is 2.47 bits per heavy atom. The van der Waals surface area contributed by atoms with Gasteiger partial charge in [0.05, 0.1) is 12.6 Å². The van der Waals surface area contributed by atoms with Crippen molar-refractivity contribution in [2.24, 2.45) is 0 Å². The van der Waals surface area contributed by atoms with Gasteiger partial charge in [0.25, 0.3) is 0 Å². The lowest BCUT2D eigenvalue weighted by Gasteiger charge is -2.24. The molecule has 1 amide bonds. The summed E-state index contributed by atoms with van der Waals surface area (Å²) in [6, 6.07) is 9.78. The smallest absolute Gasteiger partial charge is 0.410 e. The van der Waals surface area contributed by atoms with Gasteiger partial charge >= 0.3 is 6.09 Å². The topological polar surface area (TPSA) is 49.8 Å². The van der Waals surface area contributed by atoms with Crippen molar-refractivity contribution in [2.45, 2.75) is 38.4 Å². The molecule has 0 spiro atoms. The van der Waals surface area contributed by atoms with Crippen LogP contribution in [0.4, 0.5) is 4.79 Å². The van der Waals surface area contributed by atoms with E-state index in [1.54, 1.807) is 4.90 Å². The molecule has 4 nitrogen and oxygen atoms in total. The molecule has 0 aliphatic carbocycles. The molecule has 1 heterocycles. The van der Waals surface area contributed by atoms with Gasteiger partial charge in [0.1, 0.15) is 5.60 Å². The van der Waals surface area contributed by atoms with E-state index in [0.29, 0.717) is 13.1 Å². The molecule has 19 heavy (non-hydrogen) atoms. The molecule has 1 aliphatic heterocycles. The van der Waals surface area contributed by atoms with Gasteiger partial charge < -0.3 is 14.7 Å². The van der Waals surface area contributed by atoms with Crippen LogP contribution < -0.4 is 0 Å². The fraction of sp³-hybridized carbons (Fsp3) is 0.533. The monoisotopic (exact) mass is 263 g/mol. The minimum absolute atomic E-state index is 0.0336. The molecule has 1 saturated heterocycles. The number of amides is 1. The average molecular weight is 263 g/mol. The molecule has 0 radical (unpaired) electrons. The predicted molar refractivity (Wildman–Crippen MR) is 73.0 cm³/mol.